The molecule has 0 saturated carbocycles. The molecule has 1 heterocycles. The summed E-state index contributed by atoms with van der Waals surface area (Å²) >= 11 is 0. The Morgan fingerprint density at radius 1 is 1.12 bits per heavy atom. The first kappa shape index (κ1) is 13.0. The molecule has 1 rings (SSSR count). The van der Waals surface area contributed by atoms with Crippen molar-refractivity contribution in [3.05, 3.63) is 59.4 Å². The normalized spacial score (nSPS) is 14.0. The van der Waals surface area contributed by atoms with Crippen molar-refractivity contribution in [1.29, 1.82) is 0 Å². The summed E-state index contributed by atoms with van der Waals surface area (Å²) in [6.45, 7) is 11.4. The Bertz CT molecular complexity index is 565. The molecule has 88 valence electrons. The van der Waals surface area contributed by atoms with Gasteiger partial charge < -0.3 is 4.42 Å². The molecule has 0 aliphatic rings. The molecule has 0 saturated heterocycles. The van der Waals surface area contributed by atoms with Crippen molar-refractivity contribution in [2.45, 2.75) is 13.8 Å². The molecule has 1 heteroatoms. The molecule has 0 aliphatic heterocycles. The molecular weight excluding hydrogens is 208 g/mol. The SMILES string of the molecule is C=C/C=C\c1oc(=C/C)/c(=C\C=C/C)c1C=C. The molecule has 1 aromatic rings. The molecule has 0 bridgehead atoms. The average Bonchev–Trinajstić information content (AvgIpc) is 2.70. The van der Waals surface area contributed by atoms with Gasteiger partial charge in [-0.1, -0.05) is 49.6 Å². The summed E-state index contributed by atoms with van der Waals surface area (Å²) in [7, 11) is 0. The van der Waals surface area contributed by atoms with Gasteiger partial charge >= 0.3 is 0 Å². The summed E-state index contributed by atoms with van der Waals surface area (Å²) < 4.78 is 5.76. The van der Waals surface area contributed by atoms with E-state index in [1.165, 1.54) is 0 Å². The first-order chi connectivity index (χ1) is 8.28. The number of hydrogen-bond donors (Lipinski definition) is 0. The van der Waals surface area contributed by atoms with Crippen LogP contribution in [0.15, 0.2) is 41.9 Å². The second-order valence-corrected chi connectivity index (χ2v) is 3.44. The molecule has 0 atom stereocenters. The summed E-state index contributed by atoms with van der Waals surface area (Å²) in [6.07, 6.45) is 15.2. The van der Waals surface area contributed by atoms with Crippen molar-refractivity contribution in [1.82, 2.24) is 0 Å². The molecule has 0 aromatic carbocycles. The zero-order valence-electron chi connectivity index (χ0n) is 10.4. The molecule has 17 heavy (non-hydrogen) atoms. The number of hydrogen-bond acceptors (Lipinski definition) is 1. The minimum atomic E-state index is 0.809. The fourth-order valence-electron chi connectivity index (χ4n) is 1.56. The van der Waals surface area contributed by atoms with Crippen molar-refractivity contribution in [3.63, 3.8) is 0 Å². The summed E-state index contributed by atoms with van der Waals surface area (Å²) in [4.78, 5) is 0. The van der Waals surface area contributed by atoms with Crippen molar-refractivity contribution in [3.8, 4) is 0 Å². The van der Waals surface area contributed by atoms with E-state index in [2.05, 4.69) is 13.2 Å². The van der Waals surface area contributed by atoms with E-state index in [1.54, 1.807) is 6.08 Å². The van der Waals surface area contributed by atoms with E-state index in [9.17, 15) is 0 Å². The second-order valence-electron chi connectivity index (χ2n) is 3.44. The summed E-state index contributed by atoms with van der Waals surface area (Å²) in [5, 5.41) is 1.06. The Morgan fingerprint density at radius 3 is 2.41 bits per heavy atom. The Labute approximate surface area is 102 Å². The highest BCUT2D eigenvalue weighted by atomic mass is 16.3. The van der Waals surface area contributed by atoms with Gasteiger partial charge in [-0.2, -0.15) is 0 Å². The third kappa shape index (κ3) is 2.97. The van der Waals surface area contributed by atoms with E-state index in [0.717, 1.165) is 22.0 Å². The lowest BCUT2D eigenvalue weighted by atomic mass is 10.1. The lowest BCUT2D eigenvalue weighted by Gasteiger charge is -1.87. The van der Waals surface area contributed by atoms with Crippen LogP contribution in [-0.4, -0.2) is 0 Å². The molecule has 0 aliphatic carbocycles. The van der Waals surface area contributed by atoms with Gasteiger partial charge in [0.15, 0.2) is 0 Å². The number of furan rings is 1. The van der Waals surface area contributed by atoms with Crippen molar-refractivity contribution in [2.75, 3.05) is 0 Å². The van der Waals surface area contributed by atoms with E-state index < -0.39 is 0 Å². The molecule has 1 aromatic heterocycles. The first-order valence-electron chi connectivity index (χ1n) is 5.62. The lowest BCUT2D eigenvalue weighted by molar-refractivity contribution is 0.521. The predicted molar refractivity (Wildman–Crippen MR) is 76.7 cm³/mol. The largest absolute Gasteiger partial charge is 0.456 e. The summed E-state index contributed by atoms with van der Waals surface area (Å²) in [6, 6.07) is 0. The fraction of sp³-hybridized carbons (Fsp3) is 0.125. The maximum Gasteiger partial charge on any atom is 0.135 e. The van der Waals surface area contributed by atoms with Gasteiger partial charge in [-0.3, -0.25) is 0 Å². The Hall–Kier alpha value is -2.02. The Kier molecular flexibility index (Phi) is 5.02. The maximum absolute atomic E-state index is 5.76. The van der Waals surface area contributed by atoms with E-state index >= 15 is 0 Å². The van der Waals surface area contributed by atoms with E-state index in [1.807, 2.05) is 56.4 Å². The highest BCUT2D eigenvalue weighted by Crippen LogP contribution is 2.06. The Morgan fingerprint density at radius 2 is 1.88 bits per heavy atom. The zero-order valence-corrected chi connectivity index (χ0v) is 10.4. The van der Waals surface area contributed by atoms with E-state index in [0.29, 0.717) is 0 Å². The lowest BCUT2D eigenvalue weighted by Crippen LogP contribution is -2.20. The van der Waals surface area contributed by atoms with Gasteiger partial charge in [-0.15, -0.1) is 0 Å². The maximum atomic E-state index is 5.76. The smallest absolute Gasteiger partial charge is 0.135 e. The van der Waals surface area contributed by atoms with Crippen LogP contribution in [0.1, 0.15) is 25.2 Å². The van der Waals surface area contributed by atoms with Crippen LogP contribution in [0.5, 0.6) is 0 Å². The van der Waals surface area contributed by atoms with E-state index in [-0.39, 0.29) is 0 Å². The fourth-order valence-corrected chi connectivity index (χ4v) is 1.56. The molecule has 1 nitrogen and oxygen atoms in total. The van der Waals surface area contributed by atoms with Gasteiger partial charge in [-0.25, -0.2) is 0 Å². The van der Waals surface area contributed by atoms with Gasteiger partial charge in [0.25, 0.3) is 0 Å². The molecule has 0 amide bonds. The minimum absolute atomic E-state index is 0.809. The quantitative estimate of drug-likeness (QED) is 0.718. The van der Waals surface area contributed by atoms with Crippen LogP contribution in [0.2, 0.25) is 0 Å². The van der Waals surface area contributed by atoms with Crippen LogP contribution >= 0.6 is 0 Å². The summed E-state index contributed by atoms with van der Waals surface area (Å²) in [5.74, 6) is 0.809. The van der Waals surface area contributed by atoms with Crippen LogP contribution in [-0.2, 0) is 0 Å². The predicted octanol–water partition coefficient (Wildman–Crippen LogP) is 3.28. The van der Waals surface area contributed by atoms with Gasteiger partial charge in [0.05, 0.1) is 0 Å². The highest BCUT2D eigenvalue weighted by molar-refractivity contribution is 5.64. The summed E-state index contributed by atoms with van der Waals surface area (Å²) in [5.41, 5.74) is 1.87. The van der Waals surface area contributed by atoms with Gasteiger partial charge in [-0.05, 0) is 26.0 Å². The van der Waals surface area contributed by atoms with Crippen LogP contribution < -0.4 is 10.6 Å². The van der Waals surface area contributed by atoms with Gasteiger partial charge in [0.2, 0.25) is 0 Å². The first-order valence-corrected chi connectivity index (χ1v) is 5.62. The monoisotopic (exact) mass is 226 g/mol. The average molecular weight is 226 g/mol. The van der Waals surface area contributed by atoms with Crippen LogP contribution in [0.25, 0.3) is 24.3 Å². The third-order valence-electron chi connectivity index (χ3n) is 2.35. The molecule has 0 fully saturated rings. The molecular formula is C16H18O. The van der Waals surface area contributed by atoms with Crippen LogP contribution in [0.3, 0.4) is 0 Å². The zero-order chi connectivity index (χ0) is 12.7. The van der Waals surface area contributed by atoms with Crippen LogP contribution in [0, 0.1) is 0 Å². The molecule has 0 spiro atoms. The van der Waals surface area contributed by atoms with Gasteiger partial charge in [0.1, 0.15) is 11.2 Å². The van der Waals surface area contributed by atoms with Crippen molar-refractivity contribution < 1.29 is 4.42 Å². The van der Waals surface area contributed by atoms with Crippen molar-refractivity contribution >= 4 is 24.3 Å². The third-order valence-corrected chi connectivity index (χ3v) is 2.35. The molecule has 0 N–H and O–H groups in total. The minimum Gasteiger partial charge on any atom is -0.456 e. The highest BCUT2D eigenvalue weighted by Gasteiger charge is 2.04. The second kappa shape index (κ2) is 6.54. The number of rotatable bonds is 4. The van der Waals surface area contributed by atoms with Gasteiger partial charge in [0, 0.05) is 10.8 Å². The topological polar surface area (TPSA) is 13.1 Å². The Balaban J connectivity index is 3.58. The van der Waals surface area contributed by atoms with Crippen LogP contribution in [0.4, 0.5) is 0 Å². The van der Waals surface area contributed by atoms with Crippen molar-refractivity contribution in [2.24, 2.45) is 0 Å². The standard InChI is InChI=1S/C16H18O/c1-5-9-11-14-13(7-3)16(12-10-6-2)17-15(14)8-4/h5-12H,2-3H2,1,4H3/b9-5-,12-10-,14-11-,15-8+. The molecule has 0 unspecified atom stereocenters. The number of allylic oxidation sites excluding steroid dienone is 4. The van der Waals surface area contributed by atoms with E-state index in [4.69, 9.17) is 4.42 Å². The molecule has 0 radical (unpaired) electrons.